The van der Waals surface area contributed by atoms with Crippen LogP contribution in [0.25, 0.3) is 33.1 Å². The molecule has 0 bridgehead atoms. The van der Waals surface area contributed by atoms with Crippen molar-refractivity contribution in [3.05, 3.63) is 59.3 Å². The van der Waals surface area contributed by atoms with Crippen LogP contribution in [0.3, 0.4) is 0 Å². The van der Waals surface area contributed by atoms with Gasteiger partial charge in [0.2, 0.25) is 5.88 Å². The van der Waals surface area contributed by atoms with Crippen molar-refractivity contribution in [2.75, 3.05) is 25.2 Å². The van der Waals surface area contributed by atoms with Gasteiger partial charge >= 0.3 is 12.2 Å². The van der Waals surface area contributed by atoms with Crippen molar-refractivity contribution in [3.8, 4) is 23.1 Å². The van der Waals surface area contributed by atoms with Crippen LogP contribution in [0, 0.1) is 12.7 Å². The summed E-state index contributed by atoms with van der Waals surface area (Å²) >= 11 is 0. The van der Waals surface area contributed by atoms with E-state index in [1.807, 2.05) is 17.9 Å². The summed E-state index contributed by atoms with van der Waals surface area (Å²) in [5, 5.41) is 6.74. The van der Waals surface area contributed by atoms with Crippen molar-refractivity contribution in [2.45, 2.75) is 26.1 Å². The van der Waals surface area contributed by atoms with E-state index in [9.17, 15) is 13.2 Å². The molecule has 200 valence electrons. The van der Waals surface area contributed by atoms with Crippen LogP contribution in [0.15, 0.2) is 36.8 Å². The minimum atomic E-state index is -4.80. The lowest BCUT2D eigenvalue weighted by Crippen LogP contribution is -2.31. The SMILES string of the molecule is COc1nc2c3c(nc(-c4c(C(F)(F)F)c(C)cc5[nH]ncc45)c(F)c3n1)OCCN2[C@@H](C)c1cccnc1. The third-order valence-electron chi connectivity index (χ3n) is 6.84. The predicted octanol–water partition coefficient (Wildman–Crippen LogP) is 5.40. The van der Waals surface area contributed by atoms with Crippen LogP contribution in [0.4, 0.5) is 23.4 Å². The summed E-state index contributed by atoms with van der Waals surface area (Å²) in [4.78, 5) is 19.1. The van der Waals surface area contributed by atoms with Crippen molar-refractivity contribution in [2.24, 2.45) is 0 Å². The van der Waals surface area contributed by atoms with Gasteiger partial charge in [-0.05, 0) is 37.1 Å². The van der Waals surface area contributed by atoms with Crippen LogP contribution in [-0.4, -0.2) is 50.4 Å². The third kappa shape index (κ3) is 3.96. The van der Waals surface area contributed by atoms with Crippen molar-refractivity contribution in [1.29, 1.82) is 0 Å². The smallest absolute Gasteiger partial charge is 0.417 e. The average Bonchev–Trinajstić information content (AvgIpc) is 3.30. The highest BCUT2D eigenvalue weighted by Gasteiger charge is 2.39. The second-order valence-corrected chi connectivity index (χ2v) is 9.11. The summed E-state index contributed by atoms with van der Waals surface area (Å²) in [5.41, 5.74) is -1.23. The first-order chi connectivity index (χ1) is 18.7. The molecule has 0 radical (unpaired) electrons. The zero-order valence-electron chi connectivity index (χ0n) is 21.0. The van der Waals surface area contributed by atoms with Gasteiger partial charge in [0, 0.05) is 23.3 Å². The van der Waals surface area contributed by atoms with Gasteiger partial charge in [-0.15, -0.1) is 0 Å². The highest BCUT2D eigenvalue weighted by Crippen LogP contribution is 2.46. The molecule has 0 spiro atoms. The normalized spacial score (nSPS) is 14.4. The number of aromatic nitrogens is 6. The minimum Gasteiger partial charge on any atom is -0.475 e. The molecule has 13 heteroatoms. The summed E-state index contributed by atoms with van der Waals surface area (Å²) in [6, 6.07) is 4.60. The Hall–Kier alpha value is -4.55. The summed E-state index contributed by atoms with van der Waals surface area (Å²) in [5.74, 6) is -0.854. The monoisotopic (exact) mass is 539 g/mol. The van der Waals surface area contributed by atoms with E-state index < -0.39 is 28.8 Å². The molecule has 5 heterocycles. The average molecular weight is 539 g/mol. The second-order valence-electron chi connectivity index (χ2n) is 9.11. The van der Waals surface area contributed by atoms with Gasteiger partial charge in [-0.25, -0.2) is 9.37 Å². The fourth-order valence-electron chi connectivity index (χ4n) is 5.04. The highest BCUT2D eigenvalue weighted by atomic mass is 19.4. The van der Waals surface area contributed by atoms with Gasteiger partial charge < -0.3 is 14.4 Å². The lowest BCUT2D eigenvalue weighted by molar-refractivity contribution is -0.137. The van der Waals surface area contributed by atoms with E-state index in [2.05, 4.69) is 30.1 Å². The topological polar surface area (TPSA) is 102 Å². The first-order valence-corrected chi connectivity index (χ1v) is 12.0. The Morgan fingerprint density at radius 2 is 2.00 bits per heavy atom. The molecule has 0 aliphatic carbocycles. The molecular formula is C26H21F4N7O2. The molecule has 0 amide bonds. The van der Waals surface area contributed by atoms with Crippen LogP contribution >= 0.6 is 0 Å². The number of nitrogens with one attached hydrogen (secondary N) is 1. The Kier molecular flexibility index (Phi) is 5.74. The number of aryl methyl sites for hydroxylation is 1. The van der Waals surface area contributed by atoms with Crippen molar-refractivity contribution >= 4 is 27.6 Å². The van der Waals surface area contributed by atoms with E-state index in [4.69, 9.17) is 9.47 Å². The number of hydrogen-bond acceptors (Lipinski definition) is 8. The molecule has 0 saturated carbocycles. The Bertz CT molecular complexity index is 1720. The molecule has 1 aromatic carbocycles. The maximum Gasteiger partial charge on any atom is 0.417 e. The Morgan fingerprint density at radius 3 is 2.72 bits per heavy atom. The fourth-order valence-corrected chi connectivity index (χ4v) is 5.04. The number of benzene rings is 1. The van der Waals surface area contributed by atoms with Gasteiger partial charge in [-0.1, -0.05) is 6.07 Å². The zero-order chi connectivity index (χ0) is 27.5. The van der Waals surface area contributed by atoms with E-state index in [1.54, 1.807) is 18.5 Å². The molecule has 0 unspecified atom stereocenters. The van der Waals surface area contributed by atoms with Gasteiger partial charge in [0.15, 0.2) is 5.82 Å². The van der Waals surface area contributed by atoms with Crippen LogP contribution in [-0.2, 0) is 6.18 Å². The Balaban J connectivity index is 1.67. The first-order valence-electron chi connectivity index (χ1n) is 12.0. The molecular weight excluding hydrogens is 518 g/mol. The Labute approximate surface area is 218 Å². The van der Waals surface area contributed by atoms with E-state index in [0.29, 0.717) is 12.1 Å². The third-order valence-corrected chi connectivity index (χ3v) is 6.84. The summed E-state index contributed by atoms with van der Waals surface area (Å²) in [7, 11) is 1.33. The molecule has 1 aliphatic heterocycles. The standard InChI is InChI=1S/C26H21F4N7O2/c1-12-9-16-15(11-32-36-16)17(19(12)26(28,29)30)21-20(27)22-18-23(35-25(34-22)38-3)37(7-8-39-24(18)33-21)13(2)14-5-4-6-31-10-14/h4-6,9-11,13H,7-8H2,1-3H3,(H,32,36)/t13-/m0/s1. The molecule has 4 aromatic heterocycles. The zero-order valence-corrected chi connectivity index (χ0v) is 21.0. The quantitative estimate of drug-likeness (QED) is 0.303. The first kappa shape index (κ1) is 24.8. The maximum atomic E-state index is 16.4. The van der Waals surface area contributed by atoms with E-state index in [-0.39, 0.29) is 52.2 Å². The minimum absolute atomic E-state index is 0.0626. The molecule has 1 N–H and O–H groups in total. The van der Waals surface area contributed by atoms with Crippen LogP contribution in [0.5, 0.6) is 11.9 Å². The number of aromatic amines is 1. The number of halogens is 4. The maximum absolute atomic E-state index is 16.4. The van der Waals surface area contributed by atoms with Gasteiger partial charge in [0.25, 0.3) is 0 Å². The van der Waals surface area contributed by atoms with Crippen LogP contribution in [0.1, 0.15) is 29.7 Å². The molecule has 1 aliphatic rings. The number of nitrogens with zero attached hydrogens (tertiary/aromatic N) is 6. The second kappa shape index (κ2) is 9.03. The summed E-state index contributed by atoms with van der Waals surface area (Å²) in [6.07, 6.45) is -0.220. The van der Waals surface area contributed by atoms with Crippen molar-refractivity contribution < 1.29 is 27.0 Å². The van der Waals surface area contributed by atoms with Gasteiger partial charge in [0.05, 0.1) is 37.0 Å². The molecule has 39 heavy (non-hydrogen) atoms. The predicted molar refractivity (Wildman–Crippen MR) is 134 cm³/mol. The van der Waals surface area contributed by atoms with E-state index >= 15 is 4.39 Å². The number of anilines is 1. The van der Waals surface area contributed by atoms with Crippen molar-refractivity contribution in [1.82, 2.24) is 30.1 Å². The van der Waals surface area contributed by atoms with E-state index in [0.717, 1.165) is 5.56 Å². The molecule has 9 nitrogen and oxygen atoms in total. The van der Waals surface area contributed by atoms with Crippen LogP contribution < -0.4 is 14.4 Å². The summed E-state index contributed by atoms with van der Waals surface area (Å²) < 4.78 is 70.7. The van der Waals surface area contributed by atoms with Gasteiger partial charge in [-0.3, -0.25) is 10.1 Å². The molecule has 6 rings (SSSR count). The highest BCUT2D eigenvalue weighted by molar-refractivity contribution is 6.01. The molecule has 5 aromatic rings. The lowest BCUT2D eigenvalue weighted by Gasteiger charge is -2.29. The molecule has 0 saturated heterocycles. The van der Waals surface area contributed by atoms with Gasteiger partial charge in [-0.2, -0.15) is 28.2 Å². The fraction of sp³-hybridized carbons (Fsp3) is 0.269. The molecule has 1 atom stereocenters. The largest absolute Gasteiger partial charge is 0.475 e. The van der Waals surface area contributed by atoms with Gasteiger partial charge in [0.1, 0.15) is 29.0 Å². The number of pyridine rings is 2. The number of hydrogen-bond donors (Lipinski definition) is 1. The number of alkyl halides is 3. The van der Waals surface area contributed by atoms with Crippen LogP contribution in [0.2, 0.25) is 0 Å². The Morgan fingerprint density at radius 1 is 1.18 bits per heavy atom. The number of methoxy groups -OCH3 is 1. The molecule has 0 fully saturated rings. The summed E-state index contributed by atoms with van der Waals surface area (Å²) in [6.45, 7) is 3.66. The lowest BCUT2D eigenvalue weighted by atomic mass is 9.94. The number of H-pyrrole nitrogens is 1. The number of ether oxygens (including phenoxy) is 2. The number of rotatable bonds is 4. The number of fused-ring (bicyclic) bond motifs is 1. The van der Waals surface area contributed by atoms with E-state index in [1.165, 1.54) is 26.3 Å². The van der Waals surface area contributed by atoms with Crippen molar-refractivity contribution in [3.63, 3.8) is 0 Å².